The molecule has 2 fully saturated rings. The standard InChI is InChI=1S/C24H32O7/c1-13-8-7-9-24(6)22(31-24)21-20(15(3)23(27)30-21)19(29-17(5)26)12-14(2)11-18(10-13)28-16(4)25/h8,11,18-22H,3,7,9-10,12H2,1-2,4-6H3/b13-8+,14-11+/t18-,19-,20+,21+,22-,24+/m0/s1. The first-order valence-corrected chi connectivity index (χ1v) is 10.7. The van der Waals surface area contributed by atoms with Crippen LogP contribution >= 0.6 is 0 Å². The summed E-state index contributed by atoms with van der Waals surface area (Å²) in [5, 5.41) is 0. The fourth-order valence-corrected chi connectivity index (χ4v) is 4.68. The molecule has 0 N–H and O–H groups in total. The van der Waals surface area contributed by atoms with Crippen LogP contribution in [0.3, 0.4) is 0 Å². The van der Waals surface area contributed by atoms with Crippen molar-refractivity contribution in [1.29, 1.82) is 0 Å². The molecular formula is C24H32O7. The fourth-order valence-electron chi connectivity index (χ4n) is 4.68. The van der Waals surface area contributed by atoms with Gasteiger partial charge in [0.2, 0.25) is 0 Å². The lowest BCUT2D eigenvalue weighted by atomic mass is 9.83. The Kier molecular flexibility index (Phi) is 6.74. The van der Waals surface area contributed by atoms with Crippen LogP contribution in [0.2, 0.25) is 0 Å². The Labute approximate surface area is 183 Å². The van der Waals surface area contributed by atoms with Crippen molar-refractivity contribution < 1.29 is 33.3 Å². The normalized spacial score (nSPS) is 39.5. The number of hydrogen-bond acceptors (Lipinski definition) is 7. The van der Waals surface area contributed by atoms with E-state index in [9.17, 15) is 14.4 Å². The van der Waals surface area contributed by atoms with Gasteiger partial charge in [-0.2, -0.15) is 0 Å². The lowest BCUT2D eigenvalue weighted by molar-refractivity contribution is -0.150. The molecule has 0 spiro atoms. The minimum atomic E-state index is -0.635. The third kappa shape index (κ3) is 5.45. The predicted octanol–water partition coefficient (Wildman–Crippen LogP) is 3.57. The van der Waals surface area contributed by atoms with Gasteiger partial charge in [-0.1, -0.05) is 23.8 Å². The van der Waals surface area contributed by atoms with Gasteiger partial charge in [0.05, 0.1) is 11.5 Å². The van der Waals surface area contributed by atoms with E-state index in [0.717, 1.165) is 24.0 Å². The van der Waals surface area contributed by atoms with Gasteiger partial charge in [-0.3, -0.25) is 9.59 Å². The summed E-state index contributed by atoms with van der Waals surface area (Å²) in [6.45, 7) is 12.6. The molecule has 0 saturated carbocycles. The number of carbonyl (C=O) groups excluding carboxylic acids is 3. The highest BCUT2D eigenvalue weighted by atomic mass is 16.6. The highest BCUT2D eigenvalue weighted by Crippen LogP contribution is 2.49. The Morgan fingerprint density at radius 3 is 2.45 bits per heavy atom. The molecular weight excluding hydrogens is 400 g/mol. The molecule has 6 atom stereocenters. The van der Waals surface area contributed by atoms with Crippen LogP contribution in [0.4, 0.5) is 0 Å². The van der Waals surface area contributed by atoms with Crippen molar-refractivity contribution in [3.8, 4) is 0 Å². The molecule has 7 heteroatoms. The second-order valence-corrected chi connectivity index (χ2v) is 9.08. The number of carbonyl (C=O) groups is 3. The highest BCUT2D eigenvalue weighted by molar-refractivity contribution is 5.91. The van der Waals surface area contributed by atoms with Crippen molar-refractivity contribution in [1.82, 2.24) is 0 Å². The molecule has 2 aliphatic heterocycles. The summed E-state index contributed by atoms with van der Waals surface area (Å²) in [4.78, 5) is 35.9. The van der Waals surface area contributed by atoms with E-state index in [4.69, 9.17) is 18.9 Å². The quantitative estimate of drug-likeness (QED) is 0.217. The van der Waals surface area contributed by atoms with Crippen LogP contribution in [0, 0.1) is 5.92 Å². The molecule has 0 aromatic carbocycles. The smallest absolute Gasteiger partial charge is 0.334 e. The first kappa shape index (κ1) is 23.3. The molecule has 2 saturated heterocycles. The number of epoxide rings is 1. The molecule has 0 bridgehead atoms. The van der Waals surface area contributed by atoms with Gasteiger partial charge in [0.1, 0.15) is 24.4 Å². The summed E-state index contributed by atoms with van der Waals surface area (Å²) in [6, 6.07) is 0. The SMILES string of the molecule is C=C1C(=O)O[C@@H]2[C@H]1[C@@H](OC(C)=O)C/C(C)=C/[C@@H](OC(C)=O)C/C(C)=C/CC[C@@]1(C)O[C@@H]21. The van der Waals surface area contributed by atoms with E-state index in [1.807, 2.05) is 26.8 Å². The van der Waals surface area contributed by atoms with Crippen molar-refractivity contribution in [3.63, 3.8) is 0 Å². The number of ether oxygens (including phenoxy) is 4. The van der Waals surface area contributed by atoms with Crippen LogP contribution in [0.1, 0.15) is 60.3 Å². The zero-order valence-electron chi connectivity index (χ0n) is 18.9. The zero-order valence-corrected chi connectivity index (χ0v) is 18.9. The van der Waals surface area contributed by atoms with E-state index in [-0.39, 0.29) is 12.1 Å². The van der Waals surface area contributed by atoms with E-state index in [1.54, 1.807) is 0 Å². The Bertz CT molecular complexity index is 839. The van der Waals surface area contributed by atoms with Crippen LogP contribution < -0.4 is 0 Å². The Hall–Kier alpha value is -2.41. The average molecular weight is 433 g/mol. The topological polar surface area (TPSA) is 91.4 Å². The lowest BCUT2D eigenvalue weighted by Crippen LogP contribution is -2.38. The molecule has 170 valence electrons. The molecule has 0 radical (unpaired) electrons. The van der Waals surface area contributed by atoms with Gasteiger partial charge in [0, 0.05) is 32.3 Å². The van der Waals surface area contributed by atoms with Gasteiger partial charge in [-0.05, 0) is 39.7 Å². The van der Waals surface area contributed by atoms with E-state index in [2.05, 4.69) is 12.7 Å². The van der Waals surface area contributed by atoms with E-state index in [0.29, 0.717) is 18.4 Å². The molecule has 7 nitrogen and oxygen atoms in total. The number of esters is 3. The molecule has 3 rings (SSSR count). The second kappa shape index (κ2) is 8.99. The van der Waals surface area contributed by atoms with Gasteiger partial charge in [0.15, 0.2) is 0 Å². The Morgan fingerprint density at radius 2 is 1.81 bits per heavy atom. The molecule has 3 aliphatic rings. The summed E-state index contributed by atoms with van der Waals surface area (Å²) in [6.07, 6.45) is 4.62. The molecule has 0 unspecified atom stereocenters. The molecule has 0 amide bonds. The maximum Gasteiger partial charge on any atom is 0.334 e. The van der Waals surface area contributed by atoms with Crippen LogP contribution in [0.25, 0.3) is 0 Å². The van der Waals surface area contributed by atoms with Crippen molar-refractivity contribution in [2.24, 2.45) is 5.92 Å². The molecule has 0 aromatic rings. The largest absolute Gasteiger partial charge is 0.461 e. The van der Waals surface area contributed by atoms with Gasteiger partial charge >= 0.3 is 17.9 Å². The lowest BCUT2D eigenvalue weighted by Gasteiger charge is -2.27. The average Bonchev–Trinajstić information content (AvgIpc) is 3.20. The number of fused-ring (bicyclic) bond motifs is 3. The van der Waals surface area contributed by atoms with Crippen LogP contribution in [0.15, 0.2) is 35.5 Å². The second-order valence-electron chi connectivity index (χ2n) is 9.08. The first-order valence-electron chi connectivity index (χ1n) is 10.7. The summed E-state index contributed by atoms with van der Waals surface area (Å²) < 4.78 is 22.8. The van der Waals surface area contributed by atoms with Gasteiger partial charge < -0.3 is 18.9 Å². The van der Waals surface area contributed by atoms with Crippen LogP contribution in [0.5, 0.6) is 0 Å². The minimum absolute atomic E-state index is 0.270. The maximum atomic E-state index is 12.4. The summed E-state index contributed by atoms with van der Waals surface area (Å²) >= 11 is 0. The number of hydrogen-bond donors (Lipinski definition) is 0. The minimum Gasteiger partial charge on any atom is -0.461 e. The maximum absolute atomic E-state index is 12.4. The van der Waals surface area contributed by atoms with E-state index in [1.165, 1.54) is 13.8 Å². The highest BCUT2D eigenvalue weighted by Gasteiger charge is 2.63. The van der Waals surface area contributed by atoms with Gasteiger partial charge in [0.25, 0.3) is 0 Å². The number of rotatable bonds is 2. The van der Waals surface area contributed by atoms with Crippen molar-refractivity contribution in [2.75, 3.05) is 0 Å². The van der Waals surface area contributed by atoms with Gasteiger partial charge in [-0.25, -0.2) is 4.79 Å². The summed E-state index contributed by atoms with van der Waals surface area (Å²) in [5.41, 5.74) is 1.87. The fraction of sp³-hybridized carbons (Fsp3) is 0.625. The molecule has 1 aliphatic carbocycles. The molecule has 0 aromatic heterocycles. The monoisotopic (exact) mass is 432 g/mol. The first-order chi connectivity index (χ1) is 14.5. The summed E-state index contributed by atoms with van der Waals surface area (Å²) in [7, 11) is 0. The zero-order chi connectivity index (χ0) is 22.9. The molecule has 2 heterocycles. The predicted molar refractivity (Wildman–Crippen MR) is 113 cm³/mol. The van der Waals surface area contributed by atoms with Crippen LogP contribution in [-0.4, -0.2) is 47.9 Å². The van der Waals surface area contributed by atoms with Crippen molar-refractivity contribution >= 4 is 17.9 Å². The van der Waals surface area contributed by atoms with Gasteiger partial charge in [-0.15, -0.1) is 0 Å². The van der Waals surface area contributed by atoms with Crippen molar-refractivity contribution in [3.05, 3.63) is 35.5 Å². The Morgan fingerprint density at radius 1 is 1.13 bits per heavy atom. The van der Waals surface area contributed by atoms with E-state index < -0.39 is 41.8 Å². The van der Waals surface area contributed by atoms with Crippen LogP contribution in [-0.2, 0) is 33.3 Å². The number of allylic oxidation sites excluding steroid dienone is 1. The summed E-state index contributed by atoms with van der Waals surface area (Å²) in [5.74, 6) is -1.78. The third-order valence-corrected chi connectivity index (χ3v) is 6.19. The third-order valence-electron chi connectivity index (χ3n) is 6.19. The van der Waals surface area contributed by atoms with Crippen molar-refractivity contribution in [2.45, 2.75) is 90.3 Å². The van der Waals surface area contributed by atoms with E-state index >= 15 is 0 Å². The molecule has 31 heavy (non-hydrogen) atoms. The Balaban J connectivity index is 1.98.